The Kier molecular flexibility index (Phi) is 40.9. The lowest BCUT2D eigenvalue weighted by molar-refractivity contribution is 0.0498. The van der Waals surface area contributed by atoms with E-state index >= 15 is 0 Å². The maximum atomic E-state index is 11.2. The van der Waals surface area contributed by atoms with Crippen molar-refractivity contribution in [3.8, 4) is 0 Å². The minimum absolute atomic E-state index is 0.426. The van der Waals surface area contributed by atoms with E-state index in [-0.39, 0.29) is 0 Å². The third-order valence-corrected chi connectivity index (χ3v) is 12.9. The number of aliphatic hydroxyl groups excluding tert-OH is 4. The van der Waals surface area contributed by atoms with Crippen molar-refractivity contribution >= 4 is 0 Å². The first-order chi connectivity index (χ1) is 29.8. The number of hydrogen-bond acceptors (Lipinski definition) is 7. The van der Waals surface area contributed by atoms with E-state index in [1.807, 2.05) is 12.1 Å². The maximum Gasteiger partial charge on any atom is 0.118 e. The van der Waals surface area contributed by atoms with Crippen LogP contribution in [0.3, 0.4) is 0 Å². The van der Waals surface area contributed by atoms with Gasteiger partial charge in [0.2, 0.25) is 0 Å². The molecule has 1 aromatic heterocycles. The highest BCUT2D eigenvalue weighted by Gasteiger charge is 2.21. The lowest BCUT2D eigenvalue weighted by Crippen LogP contribution is -2.38. The van der Waals surface area contributed by atoms with Gasteiger partial charge in [0.15, 0.2) is 0 Å². The van der Waals surface area contributed by atoms with Crippen LogP contribution in [0.2, 0.25) is 0 Å². The van der Waals surface area contributed by atoms with E-state index in [1.165, 1.54) is 180 Å². The van der Waals surface area contributed by atoms with E-state index < -0.39 is 24.4 Å². The molecule has 1 heterocycles. The highest BCUT2D eigenvalue weighted by molar-refractivity contribution is 5.07. The molecule has 7 nitrogen and oxygen atoms in total. The van der Waals surface area contributed by atoms with E-state index in [1.54, 1.807) is 0 Å². The number of hydrogen-bond donors (Lipinski definition) is 4. The van der Waals surface area contributed by atoms with Gasteiger partial charge in [-0.05, 0) is 37.8 Å². The highest BCUT2D eigenvalue weighted by atomic mass is 16.3. The summed E-state index contributed by atoms with van der Waals surface area (Å²) in [5, 5.41) is 44.7. The number of furan rings is 1. The fourth-order valence-corrected chi connectivity index (χ4v) is 9.05. The van der Waals surface area contributed by atoms with Crippen LogP contribution in [0.4, 0.5) is 0 Å². The minimum atomic E-state index is -0.426. The molecular formula is C54H106N2O5. The molecule has 7 heteroatoms. The van der Waals surface area contributed by atoms with Gasteiger partial charge < -0.3 is 24.8 Å². The van der Waals surface area contributed by atoms with Crippen molar-refractivity contribution in [1.82, 2.24) is 9.80 Å². The van der Waals surface area contributed by atoms with Crippen LogP contribution in [0.1, 0.15) is 270 Å². The van der Waals surface area contributed by atoms with Crippen LogP contribution in [0.25, 0.3) is 0 Å². The SMILES string of the molecule is CCCCCCCCCCC(O)CN(Cc1ccc(CN(CC(O)CCCCCCCCCC)CC(O)CCCCCCCCCC)o1)CC(O)CCCCCCCCCC. The summed E-state index contributed by atoms with van der Waals surface area (Å²) in [7, 11) is 0. The van der Waals surface area contributed by atoms with Crippen LogP contribution in [0.5, 0.6) is 0 Å². The Morgan fingerprint density at radius 2 is 0.525 bits per heavy atom. The molecule has 362 valence electrons. The molecule has 4 unspecified atom stereocenters. The van der Waals surface area contributed by atoms with Crippen molar-refractivity contribution < 1.29 is 24.8 Å². The van der Waals surface area contributed by atoms with Crippen LogP contribution in [-0.2, 0) is 13.1 Å². The van der Waals surface area contributed by atoms with Gasteiger partial charge in [-0.15, -0.1) is 0 Å². The molecule has 0 fully saturated rings. The van der Waals surface area contributed by atoms with Crippen molar-refractivity contribution in [2.75, 3.05) is 26.2 Å². The molecule has 61 heavy (non-hydrogen) atoms. The summed E-state index contributed by atoms with van der Waals surface area (Å²) < 4.78 is 6.47. The summed E-state index contributed by atoms with van der Waals surface area (Å²) in [4.78, 5) is 4.40. The van der Waals surface area contributed by atoms with Crippen molar-refractivity contribution in [2.24, 2.45) is 0 Å². The van der Waals surface area contributed by atoms with E-state index in [4.69, 9.17) is 4.42 Å². The molecular weight excluding hydrogens is 757 g/mol. The number of unbranched alkanes of at least 4 members (excludes halogenated alkanes) is 28. The number of aliphatic hydroxyl groups is 4. The summed E-state index contributed by atoms with van der Waals surface area (Å²) in [5.74, 6) is 1.68. The third kappa shape index (κ3) is 37.0. The van der Waals surface area contributed by atoms with Gasteiger partial charge in [0.25, 0.3) is 0 Å². The zero-order valence-corrected chi connectivity index (χ0v) is 41.3. The van der Waals surface area contributed by atoms with Crippen LogP contribution in [0.15, 0.2) is 16.5 Å². The van der Waals surface area contributed by atoms with Gasteiger partial charge in [0, 0.05) is 26.2 Å². The molecule has 0 amide bonds. The Labute approximate surface area is 379 Å². The van der Waals surface area contributed by atoms with Crippen molar-refractivity contribution in [3.05, 3.63) is 23.7 Å². The lowest BCUT2D eigenvalue weighted by Gasteiger charge is -2.27. The van der Waals surface area contributed by atoms with Crippen LogP contribution < -0.4 is 0 Å². The Morgan fingerprint density at radius 3 is 0.738 bits per heavy atom. The minimum Gasteiger partial charge on any atom is -0.463 e. The first-order valence-electron chi connectivity index (χ1n) is 27.1. The summed E-state index contributed by atoms with van der Waals surface area (Å²) in [6.07, 6.45) is 41.6. The lowest BCUT2D eigenvalue weighted by atomic mass is 10.0. The number of rotatable bonds is 48. The van der Waals surface area contributed by atoms with E-state index in [2.05, 4.69) is 37.5 Å². The van der Waals surface area contributed by atoms with Crippen molar-refractivity contribution in [3.63, 3.8) is 0 Å². The Balaban J connectivity index is 2.84. The van der Waals surface area contributed by atoms with Gasteiger partial charge in [-0.1, -0.05) is 233 Å². The standard InChI is InChI=1S/C54H106N2O5/c1-5-9-13-17-21-25-29-33-37-49(57)43-55(44-50(58)38-34-30-26-22-18-14-10-6-2)47-53-41-42-54(61-53)48-56(45-51(59)39-35-31-27-23-19-15-11-7-3)46-52(60)40-36-32-28-24-20-16-12-8-4/h41-42,49-52,57-60H,5-40,43-48H2,1-4H3. The maximum absolute atomic E-state index is 11.2. The van der Waals surface area contributed by atoms with Gasteiger partial charge in [-0.2, -0.15) is 0 Å². The van der Waals surface area contributed by atoms with E-state index in [0.29, 0.717) is 39.3 Å². The van der Waals surface area contributed by atoms with Crippen LogP contribution in [-0.4, -0.2) is 80.8 Å². The molecule has 4 atom stereocenters. The predicted molar refractivity (Wildman–Crippen MR) is 262 cm³/mol. The molecule has 0 aliphatic rings. The molecule has 0 spiro atoms. The summed E-state index contributed by atoms with van der Waals surface area (Å²) in [6, 6.07) is 4.09. The predicted octanol–water partition coefficient (Wildman–Crippen LogP) is 14.5. The third-order valence-electron chi connectivity index (χ3n) is 12.9. The molecule has 4 N–H and O–H groups in total. The Hall–Kier alpha value is -0.960. The molecule has 1 aromatic rings. The van der Waals surface area contributed by atoms with Crippen LogP contribution >= 0.6 is 0 Å². The Bertz CT molecular complexity index is 889. The fourth-order valence-electron chi connectivity index (χ4n) is 9.05. The van der Waals surface area contributed by atoms with Gasteiger partial charge >= 0.3 is 0 Å². The normalized spacial score (nSPS) is 14.1. The highest BCUT2D eigenvalue weighted by Crippen LogP contribution is 2.20. The van der Waals surface area contributed by atoms with Crippen molar-refractivity contribution in [2.45, 2.75) is 296 Å². The monoisotopic (exact) mass is 863 g/mol. The van der Waals surface area contributed by atoms with Crippen molar-refractivity contribution in [1.29, 1.82) is 0 Å². The summed E-state index contributed by atoms with van der Waals surface area (Å²) in [6.45, 7) is 12.3. The second kappa shape index (κ2) is 43.0. The fraction of sp³-hybridized carbons (Fsp3) is 0.926. The number of nitrogens with zero attached hydrogens (tertiary/aromatic N) is 2. The van der Waals surface area contributed by atoms with Gasteiger partial charge in [0.05, 0.1) is 37.5 Å². The Morgan fingerprint density at radius 1 is 0.328 bits per heavy atom. The molecule has 1 rings (SSSR count). The second-order valence-corrected chi connectivity index (χ2v) is 19.4. The molecule has 0 saturated carbocycles. The summed E-state index contributed by atoms with van der Waals surface area (Å²) in [5.41, 5.74) is 0. The van der Waals surface area contributed by atoms with E-state index in [0.717, 1.165) is 62.9 Å². The molecule has 0 bridgehead atoms. The second-order valence-electron chi connectivity index (χ2n) is 19.4. The molecule has 0 radical (unpaired) electrons. The molecule has 0 saturated heterocycles. The summed E-state index contributed by atoms with van der Waals surface area (Å²) >= 11 is 0. The van der Waals surface area contributed by atoms with Crippen LogP contribution in [0, 0.1) is 0 Å². The largest absolute Gasteiger partial charge is 0.463 e. The molecule has 0 aromatic carbocycles. The van der Waals surface area contributed by atoms with E-state index in [9.17, 15) is 20.4 Å². The average Bonchev–Trinajstić information content (AvgIpc) is 3.67. The van der Waals surface area contributed by atoms with Gasteiger partial charge in [0.1, 0.15) is 11.5 Å². The zero-order valence-electron chi connectivity index (χ0n) is 41.3. The first kappa shape index (κ1) is 58.1. The van der Waals surface area contributed by atoms with Gasteiger partial charge in [-0.3, -0.25) is 9.80 Å². The van der Waals surface area contributed by atoms with Gasteiger partial charge in [-0.25, -0.2) is 0 Å². The quantitative estimate of drug-likeness (QED) is 0.0484. The first-order valence-corrected chi connectivity index (χ1v) is 27.1. The smallest absolute Gasteiger partial charge is 0.118 e. The average molecular weight is 863 g/mol. The molecule has 0 aliphatic carbocycles. The molecule has 0 aliphatic heterocycles. The topological polar surface area (TPSA) is 101 Å². The zero-order chi connectivity index (χ0) is 44.4.